The first-order chi connectivity index (χ1) is 24.3. The molecule has 1 amide bonds. The van der Waals surface area contributed by atoms with E-state index >= 15 is 0 Å². The molecule has 0 aliphatic carbocycles. The zero-order valence-corrected chi connectivity index (χ0v) is 30.1. The third kappa shape index (κ3) is 22.4. The number of phenols is 1. The number of aryl methyl sites for hydroxylation is 1. The fraction of sp³-hybridized carbons (Fsp3) is 0.395. The maximum Gasteiger partial charge on any atom is 0.326 e. The van der Waals surface area contributed by atoms with E-state index in [1.807, 2.05) is 74.5 Å². The molecular weight excluding hydrogens is 672 g/mol. The number of hydrogen-bond acceptors (Lipinski definition) is 9. The highest BCUT2D eigenvalue weighted by Crippen LogP contribution is 2.11. The Kier molecular flexibility index (Phi) is 23.0. The summed E-state index contributed by atoms with van der Waals surface area (Å²) in [6.07, 6.45) is 1.87. The number of carbonyl (C=O) groups excluding carboxylic acids is 1. The van der Waals surface area contributed by atoms with Gasteiger partial charge in [-0.05, 0) is 59.9 Å². The van der Waals surface area contributed by atoms with Crippen LogP contribution in [0.4, 0.5) is 0 Å². The number of rotatable bonds is 15. The van der Waals surface area contributed by atoms with E-state index in [0.717, 1.165) is 16.7 Å². The highest BCUT2D eigenvalue weighted by molar-refractivity contribution is 5.83. The Morgan fingerprint density at radius 1 is 0.596 bits per heavy atom. The third-order valence-electron chi connectivity index (χ3n) is 7.15. The summed E-state index contributed by atoms with van der Waals surface area (Å²) in [5, 5.41) is 46.1. The smallest absolute Gasteiger partial charge is 0.326 e. The van der Waals surface area contributed by atoms with Crippen LogP contribution < -0.4 is 22.5 Å². The number of nitrogens with one attached hydrogen (secondary N) is 1. The minimum atomic E-state index is -1.05. The van der Waals surface area contributed by atoms with Crippen LogP contribution in [0.3, 0.4) is 0 Å². The Morgan fingerprint density at radius 2 is 1.06 bits per heavy atom. The summed E-state index contributed by atoms with van der Waals surface area (Å²) in [6.45, 7) is 7.45. The van der Waals surface area contributed by atoms with E-state index in [1.54, 1.807) is 38.1 Å². The Morgan fingerprint density at radius 3 is 1.40 bits per heavy atom. The van der Waals surface area contributed by atoms with E-state index in [4.69, 9.17) is 32.5 Å². The van der Waals surface area contributed by atoms with Crippen LogP contribution in [0, 0.1) is 11.8 Å². The second-order valence-electron chi connectivity index (χ2n) is 12.6. The Hall–Kier alpha value is -5.31. The first kappa shape index (κ1) is 46.7. The highest BCUT2D eigenvalue weighted by atomic mass is 16.4. The minimum absolute atomic E-state index is 0.0208. The molecule has 0 aliphatic heterocycles. The molecule has 12 N–H and O–H groups in total. The van der Waals surface area contributed by atoms with Gasteiger partial charge in [0.2, 0.25) is 5.91 Å². The first-order valence-electron chi connectivity index (χ1n) is 16.7. The largest absolute Gasteiger partial charge is 0.508 e. The minimum Gasteiger partial charge on any atom is -0.508 e. The molecule has 0 aromatic heterocycles. The van der Waals surface area contributed by atoms with Crippen molar-refractivity contribution >= 4 is 29.8 Å². The maximum atomic E-state index is 12.0. The molecule has 3 aromatic rings. The van der Waals surface area contributed by atoms with Crippen molar-refractivity contribution in [1.82, 2.24) is 5.32 Å². The Labute approximate surface area is 304 Å². The standard InChI is InChI=1S/C18H19NO4.C9H11NO2.C6H13NO2.C5H11NO2/c20-15-9-6-13(7-10-15)8-11-17(21)19-16(18(22)23)12-14-4-2-1-3-5-14;10-8(9(11)12)6-7-4-2-1-3-5-7;1-4(2)3-5(7)6(8)9;1-3(2)4(6)5(7)8/h1-7,9-10,16,20H,8,11-12H2,(H,19,21)(H,22,23);1-5,8H,6,10H2,(H,11,12);4-5H,3,7H2,1-2H3,(H,8,9);3-4H,6H2,1-2H3,(H,7,8)/t16-;8-;5-;4-/m1111/s1. The number of carboxylic acid groups (broad SMARTS) is 4. The number of aliphatic carboxylic acids is 4. The second-order valence-corrected chi connectivity index (χ2v) is 12.6. The molecule has 0 saturated heterocycles. The van der Waals surface area contributed by atoms with Gasteiger partial charge >= 0.3 is 23.9 Å². The summed E-state index contributed by atoms with van der Waals surface area (Å²) in [5.74, 6) is -3.61. The number of phenolic OH excluding ortho intramolecular Hbond substituents is 1. The van der Waals surface area contributed by atoms with Crippen LogP contribution in [0.25, 0.3) is 0 Å². The predicted octanol–water partition coefficient (Wildman–Crippen LogP) is 3.28. The first-order valence-corrected chi connectivity index (χ1v) is 16.7. The van der Waals surface area contributed by atoms with Crippen LogP contribution >= 0.6 is 0 Å². The molecule has 0 saturated carbocycles. The van der Waals surface area contributed by atoms with Gasteiger partial charge in [0, 0.05) is 12.8 Å². The summed E-state index contributed by atoms with van der Waals surface area (Å²) >= 11 is 0. The lowest BCUT2D eigenvalue weighted by Crippen LogP contribution is -2.42. The number of amides is 1. The van der Waals surface area contributed by atoms with E-state index in [2.05, 4.69) is 5.32 Å². The van der Waals surface area contributed by atoms with Gasteiger partial charge in [0.1, 0.15) is 29.9 Å². The number of hydrogen-bond donors (Lipinski definition) is 9. The molecule has 0 bridgehead atoms. The molecule has 0 spiro atoms. The summed E-state index contributed by atoms with van der Waals surface area (Å²) in [7, 11) is 0. The zero-order chi connectivity index (χ0) is 39.8. The van der Waals surface area contributed by atoms with Crippen LogP contribution in [-0.4, -0.2) is 79.5 Å². The van der Waals surface area contributed by atoms with Crippen molar-refractivity contribution in [2.45, 2.75) is 84.0 Å². The molecular formula is C38H54N4O10. The van der Waals surface area contributed by atoms with Crippen molar-refractivity contribution in [1.29, 1.82) is 0 Å². The van der Waals surface area contributed by atoms with Gasteiger partial charge in [0.25, 0.3) is 0 Å². The fourth-order valence-electron chi connectivity index (χ4n) is 4.09. The molecule has 4 atom stereocenters. The molecule has 0 radical (unpaired) electrons. The fourth-order valence-corrected chi connectivity index (χ4v) is 4.09. The molecule has 0 aliphatic rings. The molecule has 0 heterocycles. The van der Waals surface area contributed by atoms with Gasteiger partial charge in [-0.1, -0.05) is 100 Å². The predicted molar refractivity (Wildman–Crippen MR) is 197 cm³/mol. The van der Waals surface area contributed by atoms with E-state index < -0.39 is 48.0 Å². The van der Waals surface area contributed by atoms with Crippen LogP contribution in [0.15, 0.2) is 84.9 Å². The molecule has 14 heteroatoms. The lowest BCUT2D eigenvalue weighted by atomic mass is 10.1. The normalized spacial score (nSPS) is 12.6. The Balaban J connectivity index is 0.000000751. The molecule has 52 heavy (non-hydrogen) atoms. The molecule has 3 aromatic carbocycles. The van der Waals surface area contributed by atoms with Crippen molar-refractivity contribution in [3.05, 3.63) is 102 Å². The second kappa shape index (κ2) is 25.6. The maximum absolute atomic E-state index is 12.0. The average molecular weight is 727 g/mol. The highest BCUT2D eigenvalue weighted by Gasteiger charge is 2.20. The number of aromatic hydroxyl groups is 1. The van der Waals surface area contributed by atoms with Gasteiger partial charge in [0.15, 0.2) is 0 Å². The van der Waals surface area contributed by atoms with E-state index in [0.29, 0.717) is 25.2 Å². The monoisotopic (exact) mass is 726 g/mol. The Bertz CT molecular complexity index is 1490. The van der Waals surface area contributed by atoms with Crippen LogP contribution in [0.1, 0.15) is 57.2 Å². The summed E-state index contributed by atoms with van der Waals surface area (Å²) in [6, 6.07) is 22.0. The van der Waals surface area contributed by atoms with E-state index in [-0.39, 0.29) is 30.4 Å². The number of carboxylic acids is 4. The van der Waals surface area contributed by atoms with Gasteiger partial charge in [0.05, 0.1) is 0 Å². The van der Waals surface area contributed by atoms with E-state index in [9.17, 15) is 34.2 Å². The van der Waals surface area contributed by atoms with Crippen LogP contribution in [-0.2, 0) is 43.2 Å². The van der Waals surface area contributed by atoms with Gasteiger partial charge in [-0.25, -0.2) is 4.79 Å². The SMILES string of the molecule is CC(C)C[C@@H](N)C(=O)O.CC(C)[C@@H](N)C(=O)O.N[C@H](Cc1ccccc1)C(=O)O.O=C(CCc1ccc(O)cc1)N[C@H](Cc1ccccc1)C(=O)O. The topological polar surface area (TPSA) is 277 Å². The van der Waals surface area contributed by atoms with Gasteiger partial charge in [-0.3, -0.25) is 19.2 Å². The third-order valence-corrected chi connectivity index (χ3v) is 7.15. The lowest BCUT2D eigenvalue weighted by molar-refractivity contribution is -0.142. The zero-order valence-electron chi connectivity index (χ0n) is 30.1. The van der Waals surface area contributed by atoms with Gasteiger partial charge < -0.3 is 48.1 Å². The van der Waals surface area contributed by atoms with Crippen molar-refractivity contribution in [3.63, 3.8) is 0 Å². The lowest BCUT2D eigenvalue weighted by Gasteiger charge is -2.14. The summed E-state index contributed by atoms with van der Waals surface area (Å²) in [4.78, 5) is 53.8. The number of carbonyl (C=O) groups is 5. The summed E-state index contributed by atoms with van der Waals surface area (Å²) in [5.41, 5.74) is 18.4. The summed E-state index contributed by atoms with van der Waals surface area (Å²) < 4.78 is 0. The van der Waals surface area contributed by atoms with Crippen LogP contribution in [0.2, 0.25) is 0 Å². The van der Waals surface area contributed by atoms with Gasteiger partial charge in [-0.15, -0.1) is 0 Å². The number of benzene rings is 3. The quantitative estimate of drug-likeness (QED) is 0.109. The van der Waals surface area contributed by atoms with Crippen molar-refractivity contribution in [3.8, 4) is 5.75 Å². The van der Waals surface area contributed by atoms with Gasteiger partial charge in [-0.2, -0.15) is 0 Å². The molecule has 286 valence electrons. The molecule has 14 nitrogen and oxygen atoms in total. The number of nitrogens with two attached hydrogens (primary N) is 3. The van der Waals surface area contributed by atoms with Crippen LogP contribution in [0.5, 0.6) is 5.75 Å². The van der Waals surface area contributed by atoms with Crippen molar-refractivity contribution in [2.75, 3.05) is 0 Å². The molecule has 0 unspecified atom stereocenters. The average Bonchev–Trinajstić information content (AvgIpc) is 3.08. The van der Waals surface area contributed by atoms with Crippen molar-refractivity contribution in [2.24, 2.45) is 29.0 Å². The molecule has 0 fully saturated rings. The van der Waals surface area contributed by atoms with Crippen molar-refractivity contribution < 1.29 is 49.5 Å². The molecule has 3 rings (SSSR count). The van der Waals surface area contributed by atoms with E-state index in [1.165, 1.54) is 0 Å².